The van der Waals surface area contributed by atoms with Crippen LogP contribution in [0.1, 0.15) is 23.6 Å². The summed E-state index contributed by atoms with van der Waals surface area (Å²) in [5.74, 6) is -0.360. The van der Waals surface area contributed by atoms with Crippen LogP contribution in [0.4, 0.5) is 0 Å². The second-order valence-corrected chi connectivity index (χ2v) is 6.11. The zero-order valence-corrected chi connectivity index (χ0v) is 12.8. The summed E-state index contributed by atoms with van der Waals surface area (Å²) >= 11 is 0. The highest BCUT2D eigenvalue weighted by atomic mass is 16.2. The van der Waals surface area contributed by atoms with Crippen LogP contribution in [0.25, 0.3) is 0 Å². The van der Waals surface area contributed by atoms with Gasteiger partial charge in [-0.2, -0.15) is 0 Å². The summed E-state index contributed by atoms with van der Waals surface area (Å²) in [4.78, 5) is 25.0. The lowest BCUT2D eigenvalue weighted by atomic mass is 9.88. The molecular weight excluding hydrogens is 288 g/mol. The molecule has 2 aliphatic heterocycles. The molecule has 4 rings (SSSR count). The van der Waals surface area contributed by atoms with Crippen LogP contribution >= 0.6 is 0 Å². The molecule has 0 aromatic heterocycles. The van der Waals surface area contributed by atoms with E-state index >= 15 is 0 Å². The van der Waals surface area contributed by atoms with Gasteiger partial charge in [-0.25, -0.2) is 10.0 Å². The molecule has 4 nitrogen and oxygen atoms in total. The highest BCUT2D eigenvalue weighted by Crippen LogP contribution is 2.42. The van der Waals surface area contributed by atoms with Gasteiger partial charge < -0.3 is 0 Å². The van der Waals surface area contributed by atoms with Crippen molar-refractivity contribution in [2.75, 3.05) is 6.54 Å². The molecule has 0 spiro atoms. The van der Waals surface area contributed by atoms with Gasteiger partial charge in [0.25, 0.3) is 0 Å². The Morgan fingerprint density at radius 1 is 0.913 bits per heavy atom. The first kappa shape index (κ1) is 14.2. The van der Waals surface area contributed by atoms with Crippen LogP contribution in [0.15, 0.2) is 60.7 Å². The summed E-state index contributed by atoms with van der Waals surface area (Å²) in [5, 5.41) is 3.33. The fraction of sp³-hybridized carbons (Fsp3) is 0.263. The fourth-order valence-corrected chi connectivity index (χ4v) is 3.69. The van der Waals surface area contributed by atoms with Crippen LogP contribution in [0.5, 0.6) is 0 Å². The Labute approximate surface area is 135 Å². The van der Waals surface area contributed by atoms with Crippen molar-refractivity contribution >= 4 is 11.8 Å². The summed E-state index contributed by atoms with van der Waals surface area (Å²) in [6.07, 6.45) is 1.08. The SMILES string of the molecule is O=C1CCN2[C@@H](c3ccccc3)[C@H](Cc3ccccc3)C(=O)N12. The molecule has 0 bridgehead atoms. The average molecular weight is 306 g/mol. The summed E-state index contributed by atoms with van der Waals surface area (Å²) in [7, 11) is 0. The number of hydrogen-bond donors (Lipinski definition) is 0. The minimum atomic E-state index is -0.218. The van der Waals surface area contributed by atoms with E-state index in [2.05, 4.69) is 0 Å². The summed E-state index contributed by atoms with van der Waals surface area (Å²) < 4.78 is 0. The van der Waals surface area contributed by atoms with Crippen molar-refractivity contribution in [1.29, 1.82) is 0 Å². The number of nitrogens with zero attached hydrogens (tertiary/aromatic N) is 2. The van der Waals surface area contributed by atoms with Crippen LogP contribution in [-0.4, -0.2) is 28.4 Å². The smallest absolute Gasteiger partial charge is 0.249 e. The summed E-state index contributed by atoms with van der Waals surface area (Å²) in [6.45, 7) is 0.620. The van der Waals surface area contributed by atoms with Crippen LogP contribution in [-0.2, 0) is 16.0 Å². The summed E-state index contributed by atoms with van der Waals surface area (Å²) in [5.41, 5.74) is 2.22. The minimum absolute atomic E-state index is 0.0599. The molecule has 2 aromatic carbocycles. The lowest BCUT2D eigenvalue weighted by Gasteiger charge is -2.25. The first-order chi connectivity index (χ1) is 11.3. The Balaban J connectivity index is 1.72. The van der Waals surface area contributed by atoms with E-state index in [0.29, 0.717) is 19.4 Å². The van der Waals surface area contributed by atoms with Crippen molar-refractivity contribution in [3.05, 3.63) is 71.8 Å². The van der Waals surface area contributed by atoms with E-state index in [4.69, 9.17) is 0 Å². The largest absolute Gasteiger partial charge is 0.273 e. The molecule has 2 amide bonds. The van der Waals surface area contributed by atoms with Crippen molar-refractivity contribution < 1.29 is 9.59 Å². The number of rotatable bonds is 3. The van der Waals surface area contributed by atoms with Gasteiger partial charge in [0, 0.05) is 13.0 Å². The van der Waals surface area contributed by atoms with Gasteiger partial charge in [0.2, 0.25) is 11.8 Å². The topological polar surface area (TPSA) is 40.6 Å². The number of amides is 2. The molecule has 0 aliphatic carbocycles. The molecular formula is C19H18N2O2. The second-order valence-electron chi connectivity index (χ2n) is 6.11. The Hall–Kier alpha value is -2.46. The lowest BCUT2D eigenvalue weighted by molar-refractivity contribution is -0.149. The second kappa shape index (κ2) is 5.63. The molecule has 2 heterocycles. The van der Waals surface area contributed by atoms with Gasteiger partial charge in [0.1, 0.15) is 0 Å². The van der Waals surface area contributed by atoms with E-state index < -0.39 is 0 Å². The monoisotopic (exact) mass is 306 g/mol. The van der Waals surface area contributed by atoms with Gasteiger partial charge in [0.15, 0.2) is 0 Å². The third-order valence-electron chi connectivity index (χ3n) is 4.72. The van der Waals surface area contributed by atoms with Crippen molar-refractivity contribution in [3.63, 3.8) is 0 Å². The van der Waals surface area contributed by atoms with Crippen molar-refractivity contribution in [3.8, 4) is 0 Å². The Morgan fingerprint density at radius 3 is 2.26 bits per heavy atom. The van der Waals surface area contributed by atoms with Gasteiger partial charge in [-0.3, -0.25) is 9.59 Å². The van der Waals surface area contributed by atoms with E-state index in [1.807, 2.05) is 65.7 Å². The molecule has 0 N–H and O–H groups in total. The molecule has 2 fully saturated rings. The highest BCUT2D eigenvalue weighted by Gasteiger charge is 2.52. The van der Waals surface area contributed by atoms with Gasteiger partial charge in [0.05, 0.1) is 12.0 Å². The molecule has 2 saturated heterocycles. The third-order valence-corrected chi connectivity index (χ3v) is 4.72. The maximum Gasteiger partial charge on any atom is 0.249 e. The molecule has 23 heavy (non-hydrogen) atoms. The van der Waals surface area contributed by atoms with E-state index in [-0.39, 0.29) is 23.8 Å². The Kier molecular flexibility index (Phi) is 3.46. The predicted molar refractivity (Wildman–Crippen MR) is 86.0 cm³/mol. The maximum absolute atomic E-state index is 12.8. The molecule has 0 saturated carbocycles. The standard InChI is InChI=1S/C19H18N2O2/c22-17-11-12-20-18(15-9-5-2-6-10-15)16(19(23)21(17)20)13-14-7-3-1-4-8-14/h1-10,16,18H,11-13H2/t16-,18-/m0/s1. The number of hydrazine groups is 1. The Bertz CT molecular complexity index is 730. The van der Waals surface area contributed by atoms with Gasteiger partial charge in [-0.05, 0) is 17.5 Å². The predicted octanol–water partition coefficient (Wildman–Crippen LogP) is 2.58. The number of benzene rings is 2. The molecule has 116 valence electrons. The van der Waals surface area contributed by atoms with Crippen LogP contribution in [0.2, 0.25) is 0 Å². The first-order valence-corrected chi connectivity index (χ1v) is 7.98. The summed E-state index contributed by atoms with van der Waals surface area (Å²) in [6, 6.07) is 20.0. The van der Waals surface area contributed by atoms with Gasteiger partial charge in [-0.15, -0.1) is 0 Å². The van der Waals surface area contributed by atoms with Crippen LogP contribution in [0, 0.1) is 5.92 Å². The maximum atomic E-state index is 12.8. The van der Waals surface area contributed by atoms with E-state index in [9.17, 15) is 9.59 Å². The van der Waals surface area contributed by atoms with E-state index in [0.717, 1.165) is 11.1 Å². The Morgan fingerprint density at radius 2 is 1.57 bits per heavy atom. The van der Waals surface area contributed by atoms with Crippen LogP contribution in [0.3, 0.4) is 0 Å². The fourth-order valence-electron chi connectivity index (χ4n) is 3.69. The lowest BCUT2D eigenvalue weighted by Crippen LogP contribution is -2.36. The average Bonchev–Trinajstić information content (AvgIpc) is 3.09. The third kappa shape index (κ3) is 2.35. The first-order valence-electron chi connectivity index (χ1n) is 7.98. The molecule has 4 heteroatoms. The van der Waals surface area contributed by atoms with Gasteiger partial charge >= 0.3 is 0 Å². The minimum Gasteiger partial charge on any atom is -0.273 e. The molecule has 2 atom stereocenters. The quantitative estimate of drug-likeness (QED) is 0.818. The number of carbonyl (C=O) groups excluding carboxylic acids is 2. The number of carbonyl (C=O) groups is 2. The van der Waals surface area contributed by atoms with E-state index in [1.165, 1.54) is 5.01 Å². The van der Waals surface area contributed by atoms with Crippen molar-refractivity contribution in [1.82, 2.24) is 10.0 Å². The van der Waals surface area contributed by atoms with Gasteiger partial charge in [-0.1, -0.05) is 60.7 Å². The van der Waals surface area contributed by atoms with Crippen molar-refractivity contribution in [2.24, 2.45) is 5.92 Å². The molecule has 2 aromatic rings. The van der Waals surface area contributed by atoms with E-state index in [1.54, 1.807) is 0 Å². The molecule has 2 aliphatic rings. The zero-order valence-electron chi connectivity index (χ0n) is 12.8. The van der Waals surface area contributed by atoms with Crippen LogP contribution < -0.4 is 0 Å². The van der Waals surface area contributed by atoms with Crippen molar-refractivity contribution in [2.45, 2.75) is 18.9 Å². The number of imide groups is 1. The molecule has 0 radical (unpaired) electrons. The molecule has 0 unspecified atom stereocenters. The highest BCUT2D eigenvalue weighted by molar-refractivity contribution is 5.99. The normalized spacial score (nSPS) is 24.3. The number of fused-ring (bicyclic) bond motifs is 1. The zero-order chi connectivity index (χ0) is 15.8. The number of hydrogen-bond acceptors (Lipinski definition) is 3.